The molecule has 0 aliphatic rings. The summed E-state index contributed by atoms with van der Waals surface area (Å²) >= 11 is 0. The lowest BCUT2D eigenvalue weighted by atomic mass is 10.2. The molecule has 84 valence electrons. The second-order valence-electron chi connectivity index (χ2n) is 3.26. The number of carboxylic acids is 1. The molecule has 0 aliphatic carbocycles. The lowest BCUT2D eigenvalue weighted by molar-refractivity contribution is -0.131. The molecule has 1 heterocycles. The number of nitrogens with zero attached hydrogens (tertiary/aromatic N) is 2. The van der Waals surface area contributed by atoms with Crippen LogP contribution in [0.4, 0.5) is 5.82 Å². The number of pyridine rings is 1. The van der Waals surface area contributed by atoms with Gasteiger partial charge in [0.25, 0.3) is 0 Å². The van der Waals surface area contributed by atoms with E-state index in [2.05, 4.69) is 11.6 Å². The summed E-state index contributed by atoms with van der Waals surface area (Å²) in [6.07, 6.45) is 6.07. The fraction of sp³-hybridized carbons (Fsp3) is 0.167. The van der Waals surface area contributed by atoms with E-state index in [1.54, 1.807) is 18.3 Å². The Labute approximate surface area is 94.5 Å². The Bertz CT molecular complexity index is 413. The molecule has 1 N–H and O–H groups in total. The highest BCUT2D eigenvalue weighted by Gasteiger charge is 2.04. The van der Waals surface area contributed by atoms with Crippen molar-refractivity contribution in [2.24, 2.45) is 0 Å². The van der Waals surface area contributed by atoms with Gasteiger partial charge in [-0.2, -0.15) is 0 Å². The predicted molar refractivity (Wildman–Crippen MR) is 64.4 cm³/mol. The lowest BCUT2D eigenvalue weighted by Gasteiger charge is -2.17. The number of hydrogen-bond acceptors (Lipinski definition) is 3. The van der Waals surface area contributed by atoms with Crippen LogP contribution in [0.5, 0.6) is 0 Å². The Morgan fingerprint density at radius 1 is 1.69 bits per heavy atom. The van der Waals surface area contributed by atoms with Gasteiger partial charge in [0.05, 0.1) is 0 Å². The van der Waals surface area contributed by atoms with E-state index in [-0.39, 0.29) is 0 Å². The Balaban J connectivity index is 2.99. The second-order valence-corrected chi connectivity index (χ2v) is 3.26. The molecule has 0 fully saturated rings. The third-order valence-electron chi connectivity index (χ3n) is 1.99. The Morgan fingerprint density at radius 3 is 3.06 bits per heavy atom. The van der Waals surface area contributed by atoms with Gasteiger partial charge in [-0.1, -0.05) is 6.08 Å². The van der Waals surface area contributed by atoms with Gasteiger partial charge in [-0.05, 0) is 18.2 Å². The molecular weight excluding hydrogens is 204 g/mol. The monoisotopic (exact) mass is 218 g/mol. The van der Waals surface area contributed by atoms with Crippen LogP contribution in [0.3, 0.4) is 0 Å². The molecule has 1 rings (SSSR count). The minimum atomic E-state index is -0.971. The minimum absolute atomic E-state index is 0.658. The van der Waals surface area contributed by atoms with Crippen LogP contribution >= 0.6 is 0 Å². The first-order valence-electron chi connectivity index (χ1n) is 4.83. The summed E-state index contributed by atoms with van der Waals surface area (Å²) in [6.45, 7) is 4.31. The number of aromatic nitrogens is 1. The molecule has 1 aromatic heterocycles. The summed E-state index contributed by atoms with van der Waals surface area (Å²) < 4.78 is 0. The maximum atomic E-state index is 10.4. The quantitative estimate of drug-likeness (QED) is 0.605. The molecule has 0 aromatic carbocycles. The van der Waals surface area contributed by atoms with Crippen molar-refractivity contribution in [3.05, 3.63) is 42.6 Å². The molecule has 0 radical (unpaired) electrons. The van der Waals surface area contributed by atoms with Crippen LogP contribution in [0.1, 0.15) is 5.56 Å². The largest absolute Gasteiger partial charge is 0.478 e. The summed E-state index contributed by atoms with van der Waals surface area (Å²) in [5.74, 6) is -0.235. The number of anilines is 1. The van der Waals surface area contributed by atoms with Crippen molar-refractivity contribution in [2.75, 3.05) is 18.5 Å². The average Bonchev–Trinajstić information content (AvgIpc) is 2.27. The normalized spacial score (nSPS) is 10.3. The number of carbonyl (C=O) groups is 1. The standard InChI is InChI=1S/C12H14N2O2/c1-3-9-14(2)12-10(5-4-8-13-12)6-7-11(15)16/h3-8H,1,9H2,2H3,(H,15,16)/b7-6+. The van der Waals surface area contributed by atoms with E-state index in [1.165, 1.54) is 6.08 Å². The molecule has 0 amide bonds. The minimum Gasteiger partial charge on any atom is -0.478 e. The first-order valence-corrected chi connectivity index (χ1v) is 4.83. The van der Waals surface area contributed by atoms with Gasteiger partial charge in [0.2, 0.25) is 0 Å². The number of likely N-dealkylation sites (N-methyl/N-ethyl adjacent to an activating group) is 1. The molecule has 0 unspecified atom stereocenters. The van der Waals surface area contributed by atoms with Crippen LogP contribution in [-0.4, -0.2) is 29.7 Å². The summed E-state index contributed by atoms with van der Waals surface area (Å²) in [5.41, 5.74) is 0.772. The Morgan fingerprint density at radius 2 is 2.44 bits per heavy atom. The first kappa shape index (κ1) is 12.0. The van der Waals surface area contributed by atoms with E-state index >= 15 is 0 Å². The van der Waals surface area contributed by atoms with Crippen molar-refractivity contribution in [1.82, 2.24) is 4.98 Å². The Kier molecular flexibility index (Phi) is 4.27. The zero-order valence-corrected chi connectivity index (χ0v) is 9.13. The van der Waals surface area contributed by atoms with Gasteiger partial charge in [0.1, 0.15) is 5.82 Å². The number of rotatable bonds is 5. The van der Waals surface area contributed by atoms with Gasteiger partial charge in [-0.15, -0.1) is 6.58 Å². The van der Waals surface area contributed by atoms with Crippen molar-refractivity contribution in [3.8, 4) is 0 Å². The molecule has 4 heteroatoms. The fourth-order valence-corrected chi connectivity index (χ4v) is 1.30. The predicted octanol–water partition coefficient (Wildman–Crippen LogP) is 1.80. The van der Waals surface area contributed by atoms with E-state index < -0.39 is 5.97 Å². The molecule has 0 saturated carbocycles. The molecule has 16 heavy (non-hydrogen) atoms. The van der Waals surface area contributed by atoms with Gasteiger partial charge in [0, 0.05) is 31.4 Å². The molecular formula is C12H14N2O2. The van der Waals surface area contributed by atoms with Crippen molar-refractivity contribution in [2.45, 2.75) is 0 Å². The third kappa shape index (κ3) is 3.24. The van der Waals surface area contributed by atoms with Crippen molar-refractivity contribution < 1.29 is 9.90 Å². The fourth-order valence-electron chi connectivity index (χ4n) is 1.30. The Hall–Kier alpha value is -2.10. The number of hydrogen-bond donors (Lipinski definition) is 1. The van der Waals surface area contributed by atoms with Crippen molar-refractivity contribution in [3.63, 3.8) is 0 Å². The van der Waals surface area contributed by atoms with Crippen LogP contribution in [0.15, 0.2) is 37.1 Å². The van der Waals surface area contributed by atoms with Gasteiger partial charge in [0.15, 0.2) is 0 Å². The van der Waals surface area contributed by atoms with Crippen LogP contribution in [0.2, 0.25) is 0 Å². The summed E-state index contributed by atoms with van der Waals surface area (Å²) in [4.78, 5) is 16.5. The third-order valence-corrected chi connectivity index (χ3v) is 1.99. The summed E-state index contributed by atoms with van der Waals surface area (Å²) in [7, 11) is 1.88. The van der Waals surface area contributed by atoms with Crippen LogP contribution < -0.4 is 4.90 Å². The van der Waals surface area contributed by atoms with Crippen LogP contribution in [-0.2, 0) is 4.79 Å². The molecule has 1 aromatic rings. The second kappa shape index (κ2) is 5.70. The van der Waals surface area contributed by atoms with Crippen molar-refractivity contribution >= 4 is 17.9 Å². The average molecular weight is 218 g/mol. The van der Waals surface area contributed by atoms with E-state index in [4.69, 9.17) is 5.11 Å². The van der Waals surface area contributed by atoms with Crippen molar-refractivity contribution in [1.29, 1.82) is 0 Å². The van der Waals surface area contributed by atoms with E-state index in [0.717, 1.165) is 17.5 Å². The number of carboxylic acid groups (broad SMARTS) is 1. The smallest absolute Gasteiger partial charge is 0.328 e. The highest BCUT2D eigenvalue weighted by Crippen LogP contribution is 2.16. The zero-order valence-electron chi connectivity index (χ0n) is 9.13. The van der Waals surface area contributed by atoms with E-state index in [1.807, 2.05) is 18.0 Å². The van der Waals surface area contributed by atoms with Crippen LogP contribution in [0.25, 0.3) is 6.08 Å². The SMILES string of the molecule is C=CCN(C)c1ncccc1/C=C/C(=O)O. The maximum Gasteiger partial charge on any atom is 0.328 e. The first-order chi connectivity index (χ1) is 7.65. The molecule has 0 atom stereocenters. The number of aliphatic carboxylic acids is 1. The highest BCUT2D eigenvalue weighted by molar-refractivity contribution is 5.86. The summed E-state index contributed by atoms with van der Waals surface area (Å²) in [6, 6.07) is 3.59. The molecule has 0 aliphatic heterocycles. The van der Waals surface area contributed by atoms with E-state index in [0.29, 0.717) is 6.54 Å². The van der Waals surface area contributed by atoms with Gasteiger partial charge in [-0.25, -0.2) is 9.78 Å². The topological polar surface area (TPSA) is 53.4 Å². The molecule has 0 saturated heterocycles. The van der Waals surface area contributed by atoms with Gasteiger partial charge >= 0.3 is 5.97 Å². The van der Waals surface area contributed by atoms with Crippen LogP contribution in [0, 0.1) is 0 Å². The maximum absolute atomic E-state index is 10.4. The lowest BCUT2D eigenvalue weighted by Crippen LogP contribution is -2.18. The molecule has 4 nitrogen and oxygen atoms in total. The zero-order chi connectivity index (χ0) is 12.0. The van der Waals surface area contributed by atoms with Gasteiger partial charge < -0.3 is 10.0 Å². The van der Waals surface area contributed by atoms with E-state index in [9.17, 15) is 4.79 Å². The van der Waals surface area contributed by atoms with Gasteiger partial charge in [-0.3, -0.25) is 0 Å². The highest BCUT2D eigenvalue weighted by atomic mass is 16.4. The molecule has 0 spiro atoms. The molecule has 0 bridgehead atoms. The summed E-state index contributed by atoms with van der Waals surface area (Å²) in [5, 5.41) is 8.57.